The molecular formula is C94H58N8. The van der Waals surface area contributed by atoms with Crippen LogP contribution >= 0.6 is 0 Å². The molecule has 474 valence electrons. The molecule has 7 aromatic heterocycles. The summed E-state index contributed by atoms with van der Waals surface area (Å²) in [7, 11) is 0. The van der Waals surface area contributed by atoms with Gasteiger partial charge < -0.3 is 13.7 Å². The van der Waals surface area contributed by atoms with Gasteiger partial charge in [0, 0.05) is 87.8 Å². The van der Waals surface area contributed by atoms with E-state index in [1.807, 2.05) is 0 Å². The van der Waals surface area contributed by atoms with Crippen molar-refractivity contribution >= 4 is 131 Å². The number of rotatable bonds is 9. The van der Waals surface area contributed by atoms with E-state index in [-0.39, 0.29) is 0 Å². The molecule has 0 radical (unpaired) electrons. The second-order valence-electron chi connectivity index (χ2n) is 26.9. The fourth-order valence-electron chi connectivity index (χ4n) is 16.9. The van der Waals surface area contributed by atoms with Crippen LogP contribution in [0.2, 0.25) is 0 Å². The summed E-state index contributed by atoms with van der Waals surface area (Å²) in [6.45, 7) is 0. The van der Waals surface area contributed by atoms with Gasteiger partial charge >= 0.3 is 0 Å². The molecule has 8 nitrogen and oxygen atoms in total. The Morgan fingerprint density at radius 1 is 0.147 bits per heavy atom. The number of benzene rings is 15. The van der Waals surface area contributed by atoms with Crippen molar-refractivity contribution in [2.75, 3.05) is 0 Å². The van der Waals surface area contributed by atoms with E-state index in [9.17, 15) is 0 Å². The summed E-state index contributed by atoms with van der Waals surface area (Å²) in [6, 6.07) is 129. The Kier molecular flexibility index (Phi) is 12.0. The van der Waals surface area contributed by atoms with Crippen molar-refractivity contribution in [3.05, 3.63) is 352 Å². The van der Waals surface area contributed by atoms with Gasteiger partial charge in [0.25, 0.3) is 0 Å². The fraction of sp³-hybridized carbons (Fsp3) is 0. The zero-order valence-corrected chi connectivity index (χ0v) is 55.1. The highest BCUT2D eigenvalue weighted by Gasteiger charge is 2.25. The second-order valence-corrected chi connectivity index (χ2v) is 26.9. The molecule has 0 atom stereocenters. The molecule has 102 heavy (non-hydrogen) atoms. The number of aromatic nitrogens is 8. The van der Waals surface area contributed by atoms with Crippen molar-refractivity contribution in [1.29, 1.82) is 0 Å². The van der Waals surface area contributed by atoms with E-state index in [0.717, 1.165) is 133 Å². The lowest BCUT2D eigenvalue weighted by molar-refractivity contribution is 0.918. The predicted molar refractivity (Wildman–Crippen MR) is 424 cm³/mol. The average molecular weight is 1300 g/mol. The van der Waals surface area contributed by atoms with Gasteiger partial charge in [-0.1, -0.05) is 218 Å². The molecule has 0 unspecified atom stereocenters. The van der Waals surface area contributed by atoms with Gasteiger partial charge in [-0.3, -0.25) is 13.7 Å². The maximum atomic E-state index is 5.94. The lowest BCUT2D eigenvalue weighted by atomic mass is 10.0. The van der Waals surface area contributed by atoms with E-state index >= 15 is 0 Å². The van der Waals surface area contributed by atoms with E-state index in [4.69, 9.17) is 9.97 Å². The van der Waals surface area contributed by atoms with Crippen LogP contribution < -0.4 is 0 Å². The van der Waals surface area contributed by atoms with Crippen molar-refractivity contribution in [3.8, 4) is 68.0 Å². The van der Waals surface area contributed by atoms with Crippen molar-refractivity contribution in [2.24, 2.45) is 0 Å². The summed E-state index contributed by atoms with van der Waals surface area (Å²) in [5.41, 5.74) is 23.3. The molecule has 8 heteroatoms. The maximum absolute atomic E-state index is 5.94. The Balaban J connectivity index is 0.787. The van der Waals surface area contributed by atoms with Crippen LogP contribution in [-0.2, 0) is 0 Å². The smallest absolute Gasteiger partial charge is 0.238 e. The highest BCUT2D eigenvalue weighted by Crippen LogP contribution is 2.44. The standard InChI is InChI=1S/C94H58N8/c1-4-22-65(23-5-1)97-80-34-16-13-31-71(80)77-52-59(43-49-86(77)97)62-40-46-74-68-28-10-19-37-83(68)100(89(74)55-62)92-58-93(101-84-38-20-11-29-69(84)75-47-41-63(56-90(75)101)60-44-50-87-78(53-60)72-32-14-17-35-81(72)98(87)66-24-6-2-7-25-66)96-94(95-92)102-85-39-21-12-30-70(85)76-48-42-64(57-91(76)102)61-45-51-88-79(54-61)73-33-15-18-36-82(73)99(88)67-26-8-3-9-27-67/h1-58H. The number of hydrogen-bond donors (Lipinski definition) is 0. The first-order valence-electron chi connectivity index (χ1n) is 34.9. The average Bonchev–Trinajstić information content (AvgIpc) is 1.53. The second kappa shape index (κ2) is 21.8. The summed E-state index contributed by atoms with van der Waals surface area (Å²) < 4.78 is 14.2. The van der Waals surface area contributed by atoms with Crippen LogP contribution in [0.1, 0.15) is 0 Å². The Bertz CT molecular complexity index is 6540. The molecule has 0 amide bonds. The van der Waals surface area contributed by atoms with Crippen molar-refractivity contribution in [1.82, 2.24) is 37.4 Å². The molecule has 0 N–H and O–H groups in total. The van der Waals surface area contributed by atoms with Crippen LogP contribution in [0.3, 0.4) is 0 Å². The van der Waals surface area contributed by atoms with Crippen LogP contribution in [0, 0.1) is 0 Å². The van der Waals surface area contributed by atoms with Crippen molar-refractivity contribution in [3.63, 3.8) is 0 Å². The number of para-hydroxylation sites is 9. The molecule has 22 aromatic rings. The summed E-state index contributed by atoms with van der Waals surface area (Å²) in [4.78, 5) is 11.9. The monoisotopic (exact) mass is 1300 g/mol. The molecule has 0 saturated heterocycles. The SMILES string of the molecule is c1ccc(-n2c3ccccc3c3cc(-c4ccc5c6ccccc6n(-c6cc(-n7c8ccccc8c8ccc(-c9ccc%10c(c9)c9ccccc9n%10-c9ccccc9)cc87)nc(-n7c8ccccc8c8ccc(-c9ccc%10c(c9)c9ccccc9n%10-c9ccccc9)cc87)n6)c5c4)ccc32)cc1. The summed E-state index contributed by atoms with van der Waals surface area (Å²) in [6.07, 6.45) is 0. The zero-order chi connectivity index (χ0) is 66.7. The Morgan fingerprint density at radius 3 is 0.696 bits per heavy atom. The number of fused-ring (bicyclic) bond motifs is 18. The fourth-order valence-corrected chi connectivity index (χ4v) is 16.9. The van der Waals surface area contributed by atoms with Gasteiger partial charge in [-0.15, -0.1) is 0 Å². The van der Waals surface area contributed by atoms with Gasteiger partial charge in [0.1, 0.15) is 11.6 Å². The highest BCUT2D eigenvalue weighted by atomic mass is 15.2. The molecule has 0 aliphatic carbocycles. The predicted octanol–water partition coefficient (Wildman–Crippen LogP) is 24.1. The van der Waals surface area contributed by atoms with Crippen LogP contribution in [-0.4, -0.2) is 37.4 Å². The van der Waals surface area contributed by atoms with Gasteiger partial charge in [0.15, 0.2) is 0 Å². The van der Waals surface area contributed by atoms with E-state index < -0.39 is 0 Å². The molecule has 7 heterocycles. The molecule has 0 aliphatic rings. The minimum absolute atomic E-state index is 0.553. The molecule has 0 spiro atoms. The van der Waals surface area contributed by atoms with Crippen molar-refractivity contribution < 1.29 is 0 Å². The third-order valence-electron chi connectivity index (χ3n) is 21.4. The van der Waals surface area contributed by atoms with Crippen LogP contribution in [0.25, 0.3) is 199 Å². The Labute approximate surface area is 584 Å². The lowest BCUT2D eigenvalue weighted by Gasteiger charge is -2.16. The van der Waals surface area contributed by atoms with Gasteiger partial charge in [-0.05, 0) is 161 Å². The largest absolute Gasteiger partial charge is 0.309 e. The zero-order valence-electron chi connectivity index (χ0n) is 55.1. The van der Waals surface area contributed by atoms with Gasteiger partial charge in [-0.2, -0.15) is 9.97 Å². The first kappa shape index (κ1) is 56.2. The normalized spacial score (nSPS) is 12.1. The van der Waals surface area contributed by atoms with E-state index in [1.165, 1.54) is 59.9 Å². The quantitative estimate of drug-likeness (QED) is 0.145. The first-order chi connectivity index (χ1) is 50.6. The molecular weight excluding hydrogens is 1240 g/mol. The number of hydrogen-bond acceptors (Lipinski definition) is 2. The lowest BCUT2D eigenvalue weighted by Crippen LogP contribution is -2.10. The maximum Gasteiger partial charge on any atom is 0.238 e. The van der Waals surface area contributed by atoms with Crippen LogP contribution in [0.15, 0.2) is 352 Å². The summed E-state index contributed by atoms with van der Waals surface area (Å²) in [5.74, 6) is 2.03. The first-order valence-corrected chi connectivity index (χ1v) is 34.9. The molecule has 22 rings (SSSR count). The number of nitrogens with zero attached hydrogens (tertiary/aromatic N) is 8. The van der Waals surface area contributed by atoms with Crippen molar-refractivity contribution in [2.45, 2.75) is 0 Å². The Morgan fingerprint density at radius 2 is 0.373 bits per heavy atom. The minimum Gasteiger partial charge on any atom is -0.309 e. The van der Waals surface area contributed by atoms with Gasteiger partial charge in [0.2, 0.25) is 5.95 Å². The van der Waals surface area contributed by atoms with E-state index in [0.29, 0.717) is 5.95 Å². The summed E-state index contributed by atoms with van der Waals surface area (Å²) in [5, 5.41) is 14.0. The van der Waals surface area contributed by atoms with Gasteiger partial charge in [0.05, 0.1) is 66.2 Å². The summed E-state index contributed by atoms with van der Waals surface area (Å²) >= 11 is 0. The van der Waals surface area contributed by atoms with E-state index in [2.05, 4.69) is 379 Å². The molecule has 15 aromatic carbocycles. The van der Waals surface area contributed by atoms with Crippen LogP contribution in [0.5, 0.6) is 0 Å². The highest BCUT2D eigenvalue weighted by molar-refractivity contribution is 6.17. The third-order valence-corrected chi connectivity index (χ3v) is 21.4. The minimum atomic E-state index is 0.553. The molecule has 0 aliphatic heterocycles. The van der Waals surface area contributed by atoms with Gasteiger partial charge in [-0.25, -0.2) is 0 Å². The van der Waals surface area contributed by atoms with E-state index in [1.54, 1.807) is 0 Å². The molecule has 0 saturated carbocycles. The third kappa shape index (κ3) is 8.32. The molecule has 0 fully saturated rings. The van der Waals surface area contributed by atoms with Crippen LogP contribution in [0.4, 0.5) is 0 Å². The Hall–Kier alpha value is -13.8. The molecule has 0 bridgehead atoms. The topological polar surface area (TPSA) is 55.4 Å².